The number of anilines is 2. The Morgan fingerprint density at radius 2 is 1.15 bits per heavy atom. The Balaban J connectivity index is 1.98. The molecule has 0 spiro atoms. The second-order valence-corrected chi connectivity index (χ2v) is 6.01. The number of ketones is 1. The van der Waals surface area contributed by atoms with E-state index in [9.17, 15) is 9.59 Å². The Bertz CT molecular complexity index is 964. The highest BCUT2D eigenvalue weighted by Crippen LogP contribution is 2.26. The first-order chi connectivity index (χ1) is 13.1. The van der Waals surface area contributed by atoms with Crippen LogP contribution in [0.3, 0.4) is 0 Å². The first-order valence-corrected chi connectivity index (χ1v) is 8.63. The maximum Gasteiger partial charge on any atom is 0.221 e. The van der Waals surface area contributed by atoms with Gasteiger partial charge in [0.15, 0.2) is 5.78 Å². The summed E-state index contributed by atoms with van der Waals surface area (Å²) in [6, 6.07) is 26.1. The third kappa shape index (κ3) is 4.92. The Kier molecular flexibility index (Phi) is 5.80. The van der Waals surface area contributed by atoms with E-state index in [1.54, 1.807) is 18.2 Å². The van der Waals surface area contributed by atoms with E-state index in [2.05, 4.69) is 10.6 Å². The predicted molar refractivity (Wildman–Crippen MR) is 110 cm³/mol. The molecule has 0 saturated carbocycles. The lowest BCUT2D eigenvalue weighted by molar-refractivity contribution is -0.114. The van der Waals surface area contributed by atoms with E-state index < -0.39 is 0 Å². The van der Waals surface area contributed by atoms with Crippen LogP contribution >= 0.6 is 0 Å². The number of hydrogen-bond donors (Lipinski definition) is 2. The fraction of sp³-hybridized carbons (Fsp3) is 0.0435. The van der Waals surface area contributed by atoms with Gasteiger partial charge in [0.25, 0.3) is 0 Å². The first kappa shape index (κ1) is 18.1. The van der Waals surface area contributed by atoms with Gasteiger partial charge >= 0.3 is 0 Å². The maximum atomic E-state index is 12.7. The zero-order valence-electron chi connectivity index (χ0n) is 15.0. The molecule has 3 rings (SSSR count). The number of para-hydroxylation sites is 2. The molecule has 134 valence electrons. The number of nitrogens with one attached hydrogen (secondary N) is 2. The monoisotopic (exact) mass is 356 g/mol. The topological polar surface area (TPSA) is 58.2 Å². The van der Waals surface area contributed by atoms with E-state index in [-0.39, 0.29) is 11.7 Å². The molecule has 0 bridgehead atoms. The largest absolute Gasteiger partial charge is 0.353 e. The van der Waals surface area contributed by atoms with Gasteiger partial charge in [0.1, 0.15) is 0 Å². The zero-order valence-corrected chi connectivity index (χ0v) is 15.0. The summed E-state index contributed by atoms with van der Waals surface area (Å²) in [5.41, 5.74) is 3.51. The van der Waals surface area contributed by atoms with Crippen LogP contribution in [0.2, 0.25) is 0 Å². The van der Waals surface area contributed by atoms with Crippen molar-refractivity contribution in [2.24, 2.45) is 0 Å². The van der Waals surface area contributed by atoms with E-state index in [0.29, 0.717) is 22.6 Å². The van der Waals surface area contributed by atoms with Gasteiger partial charge in [-0.25, -0.2) is 0 Å². The van der Waals surface area contributed by atoms with Crippen LogP contribution in [0.15, 0.2) is 91.0 Å². The molecule has 0 aliphatic rings. The van der Waals surface area contributed by atoms with Gasteiger partial charge in [-0.15, -0.1) is 0 Å². The first-order valence-electron chi connectivity index (χ1n) is 8.63. The third-order valence-corrected chi connectivity index (χ3v) is 3.93. The summed E-state index contributed by atoms with van der Waals surface area (Å²) < 4.78 is 0. The van der Waals surface area contributed by atoms with Crippen molar-refractivity contribution >= 4 is 28.8 Å². The molecule has 0 atom stereocenters. The van der Waals surface area contributed by atoms with Crippen LogP contribution in [-0.2, 0) is 4.79 Å². The van der Waals surface area contributed by atoms with Crippen LogP contribution in [0.4, 0.5) is 11.4 Å². The molecule has 3 aromatic carbocycles. The van der Waals surface area contributed by atoms with Crippen LogP contribution in [0.5, 0.6) is 0 Å². The summed E-state index contributed by atoms with van der Waals surface area (Å²) in [6.07, 6.45) is 1.58. The van der Waals surface area contributed by atoms with Crippen molar-refractivity contribution in [1.82, 2.24) is 0 Å². The second-order valence-electron chi connectivity index (χ2n) is 6.01. The van der Waals surface area contributed by atoms with Gasteiger partial charge in [-0.3, -0.25) is 9.59 Å². The average molecular weight is 356 g/mol. The van der Waals surface area contributed by atoms with Crippen molar-refractivity contribution in [1.29, 1.82) is 0 Å². The number of rotatable bonds is 6. The molecular weight excluding hydrogens is 336 g/mol. The van der Waals surface area contributed by atoms with Crippen molar-refractivity contribution < 1.29 is 9.59 Å². The molecule has 2 N–H and O–H groups in total. The second kappa shape index (κ2) is 8.63. The Hall–Kier alpha value is -3.66. The quantitative estimate of drug-likeness (QED) is 0.484. The van der Waals surface area contributed by atoms with Gasteiger partial charge < -0.3 is 10.6 Å². The minimum Gasteiger partial charge on any atom is -0.353 e. The summed E-state index contributed by atoms with van der Waals surface area (Å²) >= 11 is 0. The molecule has 0 fully saturated rings. The van der Waals surface area contributed by atoms with Crippen molar-refractivity contribution in [3.05, 3.63) is 102 Å². The molecule has 0 saturated heterocycles. The molecule has 0 radical (unpaired) electrons. The standard InChI is InChI=1S/C23H20N2O2/c1-17(26)24-20-14-8-9-15-21(20)25-22(18-10-4-2-5-11-18)16-23(27)19-12-6-3-7-13-19/h2-16,25H,1H3,(H,24,26). The zero-order chi connectivity index (χ0) is 19.1. The van der Waals surface area contributed by atoms with Crippen LogP contribution in [0, 0.1) is 0 Å². The molecule has 27 heavy (non-hydrogen) atoms. The van der Waals surface area contributed by atoms with E-state index in [0.717, 1.165) is 5.56 Å². The van der Waals surface area contributed by atoms with Gasteiger partial charge in [-0.2, -0.15) is 0 Å². The van der Waals surface area contributed by atoms with Gasteiger partial charge in [-0.1, -0.05) is 72.8 Å². The van der Waals surface area contributed by atoms with Gasteiger partial charge in [-0.05, 0) is 17.7 Å². The van der Waals surface area contributed by atoms with E-state index in [4.69, 9.17) is 0 Å². The molecule has 0 heterocycles. The predicted octanol–water partition coefficient (Wildman–Crippen LogP) is 4.98. The SMILES string of the molecule is CC(=O)Nc1ccccc1NC(=CC(=O)c1ccccc1)c1ccccc1. The molecule has 4 nitrogen and oxygen atoms in total. The van der Waals surface area contributed by atoms with Crippen LogP contribution in [-0.4, -0.2) is 11.7 Å². The number of benzene rings is 3. The number of allylic oxidation sites excluding steroid dienone is 1. The Labute approximate surface area is 158 Å². The lowest BCUT2D eigenvalue weighted by atomic mass is 10.1. The number of amides is 1. The Morgan fingerprint density at radius 3 is 1.70 bits per heavy atom. The Morgan fingerprint density at radius 1 is 0.667 bits per heavy atom. The van der Waals surface area contributed by atoms with E-state index in [1.165, 1.54) is 6.92 Å². The van der Waals surface area contributed by atoms with E-state index >= 15 is 0 Å². The normalized spacial score (nSPS) is 10.9. The highest BCUT2D eigenvalue weighted by molar-refractivity contribution is 6.10. The molecule has 0 aromatic heterocycles. The van der Waals surface area contributed by atoms with E-state index in [1.807, 2.05) is 72.8 Å². The molecule has 4 heteroatoms. The highest BCUT2D eigenvalue weighted by Gasteiger charge is 2.10. The minimum atomic E-state index is -0.158. The fourth-order valence-corrected chi connectivity index (χ4v) is 2.66. The third-order valence-electron chi connectivity index (χ3n) is 3.93. The highest BCUT2D eigenvalue weighted by atomic mass is 16.1. The van der Waals surface area contributed by atoms with Gasteiger partial charge in [0.05, 0.1) is 11.4 Å². The lowest BCUT2D eigenvalue weighted by Gasteiger charge is -2.15. The summed E-state index contributed by atoms with van der Waals surface area (Å²) in [4.78, 5) is 24.2. The van der Waals surface area contributed by atoms with Crippen molar-refractivity contribution in [3.8, 4) is 0 Å². The van der Waals surface area contributed by atoms with Crippen LogP contribution < -0.4 is 10.6 Å². The summed E-state index contributed by atoms with van der Waals surface area (Å²) in [6.45, 7) is 1.46. The number of hydrogen-bond acceptors (Lipinski definition) is 3. The number of carbonyl (C=O) groups excluding carboxylic acids is 2. The number of carbonyl (C=O) groups is 2. The van der Waals surface area contributed by atoms with Crippen molar-refractivity contribution in [2.75, 3.05) is 10.6 Å². The maximum absolute atomic E-state index is 12.7. The van der Waals surface area contributed by atoms with Crippen LogP contribution in [0.1, 0.15) is 22.8 Å². The van der Waals surface area contributed by atoms with Crippen molar-refractivity contribution in [3.63, 3.8) is 0 Å². The molecular formula is C23H20N2O2. The molecule has 0 aliphatic carbocycles. The van der Waals surface area contributed by atoms with Crippen LogP contribution in [0.25, 0.3) is 5.70 Å². The minimum absolute atomic E-state index is 0.0982. The van der Waals surface area contributed by atoms with Crippen molar-refractivity contribution in [2.45, 2.75) is 6.92 Å². The molecule has 3 aromatic rings. The molecule has 1 amide bonds. The van der Waals surface area contributed by atoms with Gasteiger partial charge in [0, 0.05) is 24.3 Å². The average Bonchev–Trinajstić information content (AvgIpc) is 2.70. The lowest BCUT2D eigenvalue weighted by Crippen LogP contribution is -2.10. The summed E-state index contributed by atoms with van der Waals surface area (Å²) in [7, 11) is 0. The molecule has 0 unspecified atom stereocenters. The smallest absolute Gasteiger partial charge is 0.221 e. The molecule has 0 aliphatic heterocycles. The summed E-state index contributed by atoms with van der Waals surface area (Å²) in [5, 5.41) is 6.10. The summed E-state index contributed by atoms with van der Waals surface area (Å²) in [5.74, 6) is -0.256. The van der Waals surface area contributed by atoms with Gasteiger partial charge in [0.2, 0.25) is 5.91 Å². The fourth-order valence-electron chi connectivity index (χ4n) is 2.66.